The van der Waals surface area contributed by atoms with Crippen LogP contribution in [0.1, 0.15) is 271 Å². The molecular weight excluding hydrogens is 949 g/mol. The number of hydrogen-bond acceptors (Lipinski definition) is 15. The van der Waals surface area contributed by atoms with Crippen molar-refractivity contribution in [2.75, 3.05) is 26.4 Å². The molecule has 0 aromatic heterocycles. The third-order valence-corrected chi connectivity index (χ3v) is 15.1. The monoisotopic (exact) mass is 1060 g/mol. The SMILES string of the molecule is CCCCCCCCCCCCCCCCCCCCCCCCCCC(=O)OC(COC(=O)CCCCCCCCCCCCCCCC)COC1OC(COC2OC(CO)C(O)C(O)C2O)C(O)C(O)C1O. The van der Waals surface area contributed by atoms with Gasteiger partial charge in [-0.1, -0.05) is 245 Å². The Kier molecular flexibility index (Phi) is 43.0. The van der Waals surface area contributed by atoms with E-state index in [2.05, 4.69) is 13.8 Å². The molecule has 2 aliphatic heterocycles. The number of aliphatic hydroxyl groups excluding tert-OH is 7. The summed E-state index contributed by atoms with van der Waals surface area (Å²) in [6.45, 7) is 2.66. The van der Waals surface area contributed by atoms with Crippen molar-refractivity contribution in [3.05, 3.63) is 0 Å². The fourth-order valence-electron chi connectivity index (χ4n) is 10.1. The van der Waals surface area contributed by atoms with Crippen LogP contribution in [-0.4, -0.2) is 142 Å². The molecule has 0 aromatic rings. The van der Waals surface area contributed by atoms with Crippen LogP contribution in [0.3, 0.4) is 0 Å². The van der Waals surface area contributed by atoms with Crippen LogP contribution in [0.15, 0.2) is 0 Å². The van der Waals surface area contributed by atoms with Crippen LogP contribution in [0, 0.1) is 0 Å². The molecule has 2 saturated heterocycles. The lowest BCUT2D eigenvalue weighted by Crippen LogP contribution is -2.61. The summed E-state index contributed by atoms with van der Waals surface area (Å²) in [5.41, 5.74) is 0. The third kappa shape index (κ3) is 33.1. The highest BCUT2D eigenvalue weighted by Gasteiger charge is 2.47. The van der Waals surface area contributed by atoms with Crippen LogP contribution in [0.2, 0.25) is 0 Å². The summed E-state index contributed by atoms with van der Waals surface area (Å²) in [6, 6.07) is 0. The van der Waals surface area contributed by atoms with E-state index < -0.39 is 92.7 Å². The number of unbranched alkanes of at least 4 members (excludes halogenated alkanes) is 36. The number of esters is 2. The highest BCUT2D eigenvalue weighted by atomic mass is 16.7. The van der Waals surface area contributed by atoms with E-state index in [0.29, 0.717) is 12.8 Å². The van der Waals surface area contributed by atoms with E-state index in [0.717, 1.165) is 38.5 Å². The van der Waals surface area contributed by atoms with Crippen molar-refractivity contribution in [1.82, 2.24) is 0 Å². The summed E-state index contributed by atoms with van der Waals surface area (Å²) in [5, 5.41) is 72.3. The van der Waals surface area contributed by atoms with Gasteiger partial charge in [0.25, 0.3) is 0 Å². The Hall–Kier alpha value is -1.50. The van der Waals surface area contributed by atoms with Crippen LogP contribution >= 0.6 is 0 Å². The molecule has 7 N–H and O–H groups in total. The minimum atomic E-state index is -1.76. The van der Waals surface area contributed by atoms with Gasteiger partial charge in [-0.3, -0.25) is 9.59 Å². The Morgan fingerprint density at radius 1 is 0.378 bits per heavy atom. The van der Waals surface area contributed by atoms with E-state index in [-0.39, 0.29) is 26.1 Å². The van der Waals surface area contributed by atoms with Gasteiger partial charge in [0.2, 0.25) is 0 Å². The van der Waals surface area contributed by atoms with Crippen molar-refractivity contribution in [3.8, 4) is 0 Å². The average Bonchev–Trinajstić information content (AvgIpc) is 3.39. The zero-order valence-corrected chi connectivity index (χ0v) is 46.9. The molecule has 0 bridgehead atoms. The van der Waals surface area contributed by atoms with Crippen molar-refractivity contribution in [2.45, 2.75) is 338 Å². The Labute approximate surface area is 448 Å². The number of ether oxygens (including phenoxy) is 6. The molecule has 0 radical (unpaired) electrons. The predicted molar refractivity (Wildman–Crippen MR) is 289 cm³/mol. The van der Waals surface area contributed by atoms with Gasteiger partial charge in [0.05, 0.1) is 19.8 Å². The molecule has 438 valence electrons. The second kappa shape index (κ2) is 46.4. The molecule has 0 amide bonds. The van der Waals surface area contributed by atoms with E-state index in [1.165, 1.54) is 193 Å². The number of carbonyl (C=O) groups excluding carboxylic acids is 2. The minimum absolute atomic E-state index is 0.174. The molecule has 2 fully saturated rings. The molecule has 0 spiro atoms. The van der Waals surface area contributed by atoms with Gasteiger partial charge in [0.15, 0.2) is 18.7 Å². The van der Waals surface area contributed by atoms with Crippen molar-refractivity contribution in [1.29, 1.82) is 0 Å². The van der Waals surface area contributed by atoms with E-state index in [4.69, 9.17) is 28.4 Å². The Bertz CT molecular complexity index is 1290. The van der Waals surface area contributed by atoms with Gasteiger partial charge in [-0.2, -0.15) is 0 Å². The summed E-state index contributed by atoms with van der Waals surface area (Å²) < 4.78 is 33.7. The van der Waals surface area contributed by atoms with Crippen LogP contribution in [0.5, 0.6) is 0 Å². The lowest BCUT2D eigenvalue weighted by Gasteiger charge is -2.42. The first kappa shape index (κ1) is 68.6. The molecule has 15 nitrogen and oxygen atoms in total. The summed E-state index contributed by atoms with van der Waals surface area (Å²) in [6.07, 6.45) is 31.3. The number of rotatable bonds is 50. The van der Waals surface area contributed by atoms with E-state index in [1.54, 1.807) is 0 Å². The molecule has 11 atom stereocenters. The van der Waals surface area contributed by atoms with E-state index in [1.807, 2.05) is 0 Å². The fraction of sp³-hybridized carbons (Fsp3) is 0.966. The summed E-state index contributed by atoms with van der Waals surface area (Å²) in [5.74, 6) is -0.903. The van der Waals surface area contributed by atoms with Gasteiger partial charge in [-0.25, -0.2) is 0 Å². The molecular formula is C59H112O15. The van der Waals surface area contributed by atoms with Gasteiger partial charge in [-0.15, -0.1) is 0 Å². The lowest BCUT2D eigenvalue weighted by molar-refractivity contribution is -0.332. The highest BCUT2D eigenvalue weighted by Crippen LogP contribution is 2.27. The van der Waals surface area contributed by atoms with Crippen LogP contribution in [0.4, 0.5) is 0 Å². The molecule has 11 unspecified atom stereocenters. The molecule has 74 heavy (non-hydrogen) atoms. The second-order valence-electron chi connectivity index (χ2n) is 21.9. The number of hydrogen-bond donors (Lipinski definition) is 7. The summed E-state index contributed by atoms with van der Waals surface area (Å²) in [7, 11) is 0. The second-order valence-corrected chi connectivity index (χ2v) is 21.9. The Morgan fingerprint density at radius 3 is 1.05 bits per heavy atom. The van der Waals surface area contributed by atoms with Crippen LogP contribution < -0.4 is 0 Å². The highest BCUT2D eigenvalue weighted by molar-refractivity contribution is 5.70. The maximum Gasteiger partial charge on any atom is 0.306 e. The Morgan fingerprint density at radius 2 is 0.689 bits per heavy atom. The molecule has 0 aliphatic carbocycles. The molecule has 2 aliphatic rings. The average molecular weight is 1060 g/mol. The van der Waals surface area contributed by atoms with Gasteiger partial charge in [-0.05, 0) is 12.8 Å². The van der Waals surface area contributed by atoms with E-state index >= 15 is 0 Å². The zero-order valence-electron chi connectivity index (χ0n) is 46.9. The standard InChI is InChI=1S/C59H112O15/c1-3-5-7-9-11-13-15-17-19-20-21-22-23-24-25-26-27-28-30-32-34-36-38-40-42-51(62)72-47(44-69-50(61)41-39-37-35-33-31-29-18-16-14-12-10-8-6-4-2)45-70-58-57(68)55(66)53(64)49(74-58)46-71-59-56(67)54(65)52(63)48(43-60)73-59/h47-49,52-60,63-68H,3-46H2,1-2H3. The first-order valence-corrected chi connectivity index (χ1v) is 30.6. The normalized spacial score (nSPS) is 24.6. The maximum absolute atomic E-state index is 13.1. The van der Waals surface area contributed by atoms with Gasteiger partial charge < -0.3 is 64.2 Å². The van der Waals surface area contributed by atoms with Gasteiger partial charge in [0, 0.05) is 12.8 Å². The fourth-order valence-corrected chi connectivity index (χ4v) is 10.1. The largest absolute Gasteiger partial charge is 0.462 e. The number of carbonyl (C=O) groups is 2. The molecule has 15 heteroatoms. The van der Waals surface area contributed by atoms with Crippen molar-refractivity contribution >= 4 is 11.9 Å². The quantitative estimate of drug-likeness (QED) is 0.0222. The third-order valence-electron chi connectivity index (χ3n) is 15.1. The van der Waals surface area contributed by atoms with Crippen molar-refractivity contribution < 1.29 is 73.8 Å². The number of aliphatic hydroxyl groups is 7. The Balaban J connectivity index is 1.70. The molecule has 2 rings (SSSR count). The lowest BCUT2D eigenvalue weighted by atomic mass is 9.98. The first-order valence-electron chi connectivity index (χ1n) is 30.6. The summed E-state index contributed by atoms with van der Waals surface area (Å²) in [4.78, 5) is 25.9. The minimum Gasteiger partial charge on any atom is -0.462 e. The smallest absolute Gasteiger partial charge is 0.306 e. The maximum atomic E-state index is 13.1. The van der Waals surface area contributed by atoms with Crippen LogP contribution in [0.25, 0.3) is 0 Å². The van der Waals surface area contributed by atoms with Crippen molar-refractivity contribution in [2.24, 2.45) is 0 Å². The topological polar surface area (TPSA) is 231 Å². The first-order chi connectivity index (χ1) is 36.0. The van der Waals surface area contributed by atoms with E-state index in [9.17, 15) is 45.3 Å². The zero-order chi connectivity index (χ0) is 53.9. The van der Waals surface area contributed by atoms with Gasteiger partial charge >= 0.3 is 11.9 Å². The summed E-state index contributed by atoms with van der Waals surface area (Å²) >= 11 is 0. The predicted octanol–water partition coefficient (Wildman–Crippen LogP) is 10.7. The van der Waals surface area contributed by atoms with Crippen molar-refractivity contribution in [3.63, 3.8) is 0 Å². The molecule has 2 heterocycles. The molecule has 0 aromatic carbocycles. The molecule has 0 saturated carbocycles. The van der Waals surface area contributed by atoms with Gasteiger partial charge in [0.1, 0.15) is 55.4 Å². The van der Waals surface area contributed by atoms with Crippen LogP contribution in [-0.2, 0) is 38.0 Å².